The van der Waals surface area contributed by atoms with E-state index in [1.165, 1.54) is 0 Å². The first-order chi connectivity index (χ1) is 4.52. The maximum atomic E-state index is 10.5. The van der Waals surface area contributed by atoms with Crippen LogP contribution in [0.4, 0.5) is 0 Å². The molecule has 2 N–H and O–H groups in total. The number of carbonyl (C=O) groups is 1. The molecule has 0 fully saturated rings. The third-order valence-electron chi connectivity index (χ3n) is 1.05. The highest BCUT2D eigenvalue weighted by Crippen LogP contribution is 2.28. The minimum Gasteiger partial charge on any atom is -0.373 e. The molecule has 3 nitrogen and oxygen atoms in total. The van der Waals surface area contributed by atoms with Gasteiger partial charge in [0.25, 0.3) is 0 Å². The highest BCUT2D eigenvalue weighted by atomic mass is 35.5. The van der Waals surface area contributed by atoms with Crippen LogP contribution in [0.25, 0.3) is 0 Å². The second-order valence-electron chi connectivity index (χ2n) is 1.88. The first-order valence-corrected chi connectivity index (χ1v) is 3.55. The van der Waals surface area contributed by atoms with Crippen molar-refractivity contribution in [2.75, 3.05) is 0 Å². The standard InChI is InChI=1S/C5H9Cl2NO2/c1-2-5(6,7)3-4(9)10-8/h2-3,8H2,1H3. The summed E-state index contributed by atoms with van der Waals surface area (Å²) in [5, 5.41) is 0. The number of hydrogen-bond donors (Lipinski definition) is 1. The molecule has 0 aromatic carbocycles. The van der Waals surface area contributed by atoms with Crippen LogP contribution in [0, 0.1) is 0 Å². The van der Waals surface area contributed by atoms with Gasteiger partial charge in [-0.15, -0.1) is 23.2 Å². The van der Waals surface area contributed by atoms with Gasteiger partial charge in [-0.3, -0.25) is 4.79 Å². The van der Waals surface area contributed by atoms with Crippen molar-refractivity contribution >= 4 is 29.2 Å². The van der Waals surface area contributed by atoms with E-state index in [1.807, 2.05) is 0 Å². The van der Waals surface area contributed by atoms with E-state index in [9.17, 15) is 4.79 Å². The van der Waals surface area contributed by atoms with Crippen molar-refractivity contribution in [3.05, 3.63) is 0 Å². The zero-order valence-corrected chi connectivity index (χ0v) is 7.08. The van der Waals surface area contributed by atoms with E-state index in [4.69, 9.17) is 23.2 Å². The molecular weight excluding hydrogens is 177 g/mol. The minimum atomic E-state index is -1.05. The molecule has 0 heterocycles. The maximum absolute atomic E-state index is 10.5. The third kappa shape index (κ3) is 3.93. The average Bonchev–Trinajstić information content (AvgIpc) is 1.87. The SMILES string of the molecule is CCC(Cl)(Cl)CC(=O)ON. The summed E-state index contributed by atoms with van der Waals surface area (Å²) in [5.41, 5.74) is 0. The fraction of sp³-hybridized carbons (Fsp3) is 0.800. The van der Waals surface area contributed by atoms with E-state index in [1.54, 1.807) is 6.92 Å². The summed E-state index contributed by atoms with van der Waals surface area (Å²) in [6.45, 7) is 1.77. The van der Waals surface area contributed by atoms with Gasteiger partial charge in [-0.25, -0.2) is 0 Å². The van der Waals surface area contributed by atoms with Crippen LogP contribution in [0.1, 0.15) is 19.8 Å². The molecule has 60 valence electrons. The fourth-order valence-electron chi connectivity index (χ4n) is 0.378. The van der Waals surface area contributed by atoms with E-state index < -0.39 is 10.3 Å². The molecule has 0 amide bonds. The Hall–Kier alpha value is 0.01000. The summed E-state index contributed by atoms with van der Waals surface area (Å²) in [6.07, 6.45) is 0.397. The molecule has 0 aromatic rings. The highest BCUT2D eigenvalue weighted by molar-refractivity contribution is 6.49. The molecule has 0 unspecified atom stereocenters. The van der Waals surface area contributed by atoms with Crippen molar-refractivity contribution < 1.29 is 9.63 Å². The Morgan fingerprint density at radius 3 is 2.50 bits per heavy atom. The molecule has 0 spiro atoms. The van der Waals surface area contributed by atoms with Crippen LogP contribution in [0.2, 0.25) is 0 Å². The lowest BCUT2D eigenvalue weighted by atomic mass is 10.2. The molecule has 0 aliphatic heterocycles. The maximum Gasteiger partial charge on any atom is 0.327 e. The van der Waals surface area contributed by atoms with Gasteiger partial charge in [-0.1, -0.05) is 6.92 Å². The average molecular weight is 186 g/mol. The topological polar surface area (TPSA) is 52.3 Å². The number of carbonyl (C=O) groups excluding carboxylic acids is 1. The van der Waals surface area contributed by atoms with Crippen molar-refractivity contribution in [2.24, 2.45) is 5.90 Å². The second-order valence-corrected chi connectivity index (χ2v) is 3.52. The summed E-state index contributed by atoms with van der Waals surface area (Å²) in [5.74, 6) is 3.96. The van der Waals surface area contributed by atoms with Crippen molar-refractivity contribution in [3.8, 4) is 0 Å². The first kappa shape index (κ1) is 10.0. The molecule has 0 atom stereocenters. The first-order valence-electron chi connectivity index (χ1n) is 2.79. The fourth-order valence-corrected chi connectivity index (χ4v) is 0.596. The Kier molecular flexibility index (Phi) is 4.01. The van der Waals surface area contributed by atoms with Crippen LogP contribution in [-0.2, 0) is 9.63 Å². The largest absolute Gasteiger partial charge is 0.373 e. The van der Waals surface area contributed by atoms with E-state index in [-0.39, 0.29) is 6.42 Å². The molecule has 0 aliphatic carbocycles. The lowest BCUT2D eigenvalue weighted by Crippen LogP contribution is -2.21. The molecule has 0 saturated carbocycles. The Morgan fingerprint density at radius 1 is 1.70 bits per heavy atom. The summed E-state index contributed by atoms with van der Waals surface area (Å²) in [4.78, 5) is 14.4. The van der Waals surface area contributed by atoms with Gasteiger partial charge in [0.2, 0.25) is 0 Å². The predicted octanol–water partition coefficient (Wildman–Crippen LogP) is 1.38. The quantitative estimate of drug-likeness (QED) is 0.535. The van der Waals surface area contributed by atoms with Gasteiger partial charge in [0.15, 0.2) is 0 Å². The summed E-state index contributed by atoms with van der Waals surface area (Å²) in [7, 11) is 0. The molecule has 0 radical (unpaired) electrons. The van der Waals surface area contributed by atoms with Gasteiger partial charge in [0.05, 0.1) is 6.42 Å². The Morgan fingerprint density at radius 2 is 2.20 bits per heavy atom. The molecule has 0 saturated heterocycles. The van der Waals surface area contributed by atoms with Crippen molar-refractivity contribution in [3.63, 3.8) is 0 Å². The van der Waals surface area contributed by atoms with Gasteiger partial charge in [-0.2, -0.15) is 5.90 Å². The van der Waals surface area contributed by atoms with Gasteiger partial charge in [0, 0.05) is 0 Å². The Bertz CT molecular complexity index is 127. The van der Waals surface area contributed by atoms with Crippen LogP contribution in [0.15, 0.2) is 0 Å². The molecule has 5 heteroatoms. The zero-order chi connectivity index (χ0) is 8.20. The van der Waals surface area contributed by atoms with Crippen molar-refractivity contribution in [2.45, 2.75) is 24.1 Å². The molecular formula is C5H9Cl2NO2. The van der Waals surface area contributed by atoms with Crippen LogP contribution >= 0.6 is 23.2 Å². The number of nitrogens with two attached hydrogens (primary N) is 1. The highest BCUT2D eigenvalue weighted by Gasteiger charge is 2.25. The van der Waals surface area contributed by atoms with Crippen molar-refractivity contribution in [1.82, 2.24) is 0 Å². The van der Waals surface area contributed by atoms with Crippen LogP contribution in [0.5, 0.6) is 0 Å². The Labute approximate surface area is 69.4 Å². The van der Waals surface area contributed by atoms with Crippen LogP contribution in [-0.4, -0.2) is 10.3 Å². The number of hydrogen-bond acceptors (Lipinski definition) is 3. The molecule has 10 heavy (non-hydrogen) atoms. The molecule has 0 rings (SSSR count). The van der Waals surface area contributed by atoms with Gasteiger partial charge >= 0.3 is 5.97 Å². The van der Waals surface area contributed by atoms with Gasteiger partial charge < -0.3 is 4.84 Å². The minimum absolute atomic E-state index is 0.0802. The van der Waals surface area contributed by atoms with E-state index in [0.717, 1.165) is 0 Å². The normalized spacial score (nSPS) is 11.2. The molecule has 0 aromatic heterocycles. The zero-order valence-electron chi connectivity index (χ0n) is 5.56. The lowest BCUT2D eigenvalue weighted by Gasteiger charge is -2.13. The van der Waals surface area contributed by atoms with Gasteiger partial charge in [0.1, 0.15) is 4.33 Å². The smallest absolute Gasteiger partial charge is 0.327 e. The van der Waals surface area contributed by atoms with Crippen LogP contribution in [0.3, 0.4) is 0 Å². The van der Waals surface area contributed by atoms with E-state index in [2.05, 4.69) is 10.7 Å². The number of alkyl halides is 2. The van der Waals surface area contributed by atoms with E-state index >= 15 is 0 Å². The number of halogens is 2. The van der Waals surface area contributed by atoms with Crippen LogP contribution < -0.4 is 5.90 Å². The van der Waals surface area contributed by atoms with Crippen molar-refractivity contribution in [1.29, 1.82) is 0 Å². The lowest BCUT2D eigenvalue weighted by molar-refractivity contribution is -0.144. The van der Waals surface area contributed by atoms with Gasteiger partial charge in [-0.05, 0) is 6.42 Å². The molecule has 0 bridgehead atoms. The predicted molar refractivity (Wildman–Crippen MR) is 39.6 cm³/mol. The summed E-state index contributed by atoms with van der Waals surface area (Å²) < 4.78 is -1.05. The number of rotatable bonds is 3. The van der Waals surface area contributed by atoms with E-state index in [0.29, 0.717) is 6.42 Å². The Balaban J connectivity index is 3.76. The molecule has 0 aliphatic rings. The summed E-state index contributed by atoms with van der Waals surface area (Å²) in [6, 6.07) is 0. The monoisotopic (exact) mass is 185 g/mol. The third-order valence-corrected chi connectivity index (χ3v) is 1.85. The summed E-state index contributed by atoms with van der Waals surface area (Å²) >= 11 is 11.2. The second kappa shape index (κ2) is 4.01.